The number of carbonyl (C=O) groups is 3. The molecule has 0 saturated heterocycles. The fourth-order valence-electron chi connectivity index (χ4n) is 4.01. The molecular weight excluding hydrogens is 436 g/mol. The lowest BCUT2D eigenvalue weighted by atomic mass is 9.87. The highest BCUT2D eigenvalue weighted by Gasteiger charge is 2.32. The predicted molar refractivity (Wildman–Crippen MR) is 128 cm³/mol. The Balaban J connectivity index is 1.48. The van der Waals surface area contributed by atoms with E-state index < -0.39 is 23.6 Å². The van der Waals surface area contributed by atoms with E-state index in [1.807, 2.05) is 24.3 Å². The van der Waals surface area contributed by atoms with E-state index in [9.17, 15) is 19.5 Å². The maximum atomic E-state index is 12.3. The van der Waals surface area contributed by atoms with E-state index in [-0.39, 0.29) is 37.9 Å². The van der Waals surface area contributed by atoms with Crippen molar-refractivity contribution in [1.82, 2.24) is 10.6 Å². The average molecular weight is 469 g/mol. The number of aliphatic carboxylic acids is 1. The van der Waals surface area contributed by atoms with Crippen LogP contribution in [0.4, 0.5) is 4.79 Å². The molecule has 2 aromatic rings. The maximum absolute atomic E-state index is 12.3. The van der Waals surface area contributed by atoms with Gasteiger partial charge in [-0.2, -0.15) is 0 Å². The number of amides is 2. The SMILES string of the molecule is CCC(C)(CNC(=O)CC(CNC(=O)OCC1c2ccccc2-c2ccccc21)OC)C(=O)O. The molecule has 2 atom stereocenters. The molecule has 0 spiro atoms. The maximum Gasteiger partial charge on any atom is 0.407 e. The summed E-state index contributed by atoms with van der Waals surface area (Å²) >= 11 is 0. The van der Waals surface area contributed by atoms with Crippen LogP contribution in [0.15, 0.2) is 48.5 Å². The minimum Gasteiger partial charge on any atom is -0.481 e. The Morgan fingerprint density at radius 2 is 1.62 bits per heavy atom. The number of rotatable bonds is 11. The topological polar surface area (TPSA) is 114 Å². The first kappa shape index (κ1) is 25.2. The van der Waals surface area contributed by atoms with Gasteiger partial charge in [0.2, 0.25) is 5.91 Å². The molecule has 3 N–H and O–H groups in total. The molecule has 8 heteroatoms. The van der Waals surface area contributed by atoms with Crippen LogP contribution in [0.3, 0.4) is 0 Å². The lowest BCUT2D eigenvalue weighted by molar-refractivity contribution is -0.148. The van der Waals surface area contributed by atoms with Gasteiger partial charge < -0.3 is 25.2 Å². The zero-order valence-corrected chi connectivity index (χ0v) is 19.8. The molecule has 2 unspecified atom stereocenters. The van der Waals surface area contributed by atoms with Crippen molar-refractivity contribution in [3.05, 3.63) is 59.7 Å². The van der Waals surface area contributed by atoms with Crippen LogP contribution in [-0.4, -0.2) is 56.0 Å². The summed E-state index contributed by atoms with van der Waals surface area (Å²) in [6.45, 7) is 3.65. The van der Waals surface area contributed by atoms with Gasteiger partial charge in [-0.3, -0.25) is 9.59 Å². The van der Waals surface area contributed by atoms with Gasteiger partial charge in [0.05, 0.1) is 17.9 Å². The number of hydrogen-bond donors (Lipinski definition) is 3. The molecule has 182 valence electrons. The van der Waals surface area contributed by atoms with E-state index in [1.54, 1.807) is 13.8 Å². The number of methoxy groups -OCH3 is 1. The average Bonchev–Trinajstić information content (AvgIpc) is 3.17. The van der Waals surface area contributed by atoms with Gasteiger partial charge in [0.25, 0.3) is 0 Å². The molecule has 0 fully saturated rings. The molecule has 8 nitrogen and oxygen atoms in total. The number of carboxylic acid groups (broad SMARTS) is 1. The van der Waals surface area contributed by atoms with E-state index in [0.29, 0.717) is 6.42 Å². The highest BCUT2D eigenvalue weighted by atomic mass is 16.5. The number of hydrogen-bond acceptors (Lipinski definition) is 5. The normalized spacial score (nSPS) is 14.9. The van der Waals surface area contributed by atoms with Crippen molar-refractivity contribution in [2.24, 2.45) is 5.41 Å². The van der Waals surface area contributed by atoms with Crippen LogP contribution in [-0.2, 0) is 19.1 Å². The van der Waals surface area contributed by atoms with Gasteiger partial charge in [0, 0.05) is 26.1 Å². The van der Waals surface area contributed by atoms with Gasteiger partial charge in [0.15, 0.2) is 0 Å². The summed E-state index contributed by atoms with van der Waals surface area (Å²) in [6, 6.07) is 16.2. The van der Waals surface area contributed by atoms with Gasteiger partial charge in [-0.05, 0) is 35.6 Å². The highest BCUT2D eigenvalue weighted by molar-refractivity contribution is 5.80. The van der Waals surface area contributed by atoms with Crippen LogP contribution in [0.25, 0.3) is 11.1 Å². The minimum absolute atomic E-state index is 0.0143. The summed E-state index contributed by atoms with van der Waals surface area (Å²) in [7, 11) is 1.45. The number of ether oxygens (including phenoxy) is 2. The second-order valence-corrected chi connectivity index (χ2v) is 8.76. The van der Waals surface area contributed by atoms with Crippen molar-refractivity contribution in [2.75, 3.05) is 26.8 Å². The van der Waals surface area contributed by atoms with Crippen LogP contribution in [0, 0.1) is 5.41 Å². The molecule has 0 radical (unpaired) electrons. The van der Waals surface area contributed by atoms with Crippen molar-refractivity contribution in [2.45, 2.75) is 38.7 Å². The lowest BCUT2D eigenvalue weighted by Crippen LogP contribution is -2.43. The molecule has 0 aromatic heterocycles. The molecule has 0 bridgehead atoms. The number of nitrogens with one attached hydrogen (secondary N) is 2. The Hall–Kier alpha value is -3.39. The summed E-state index contributed by atoms with van der Waals surface area (Å²) < 4.78 is 10.8. The summed E-state index contributed by atoms with van der Waals surface area (Å²) in [5.74, 6) is -1.35. The standard InChI is InChI=1S/C26H32N2O6/c1-4-26(2,24(30)31)16-28-23(29)13-17(33-3)14-27-25(32)34-15-22-20-11-7-5-9-18(20)19-10-6-8-12-21(19)22/h5-12,17,22H,4,13-16H2,1-3H3,(H,27,32)(H,28,29)(H,30,31). The third-order valence-corrected chi connectivity index (χ3v) is 6.54. The molecule has 1 aliphatic carbocycles. The second-order valence-electron chi connectivity index (χ2n) is 8.76. The first-order valence-corrected chi connectivity index (χ1v) is 11.4. The van der Waals surface area contributed by atoms with Gasteiger partial charge in [-0.25, -0.2) is 4.79 Å². The fourth-order valence-corrected chi connectivity index (χ4v) is 4.01. The van der Waals surface area contributed by atoms with Crippen molar-refractivity contribution >= 4 is 18.0 Å². The van der Waals surface area contributed by atoms with Crippen LogP contribution in [0.5, 0.6) is 0 Å². The van der Waals surface area contributed by atoms with Gasteiger partial charge in [0.1, 0.15) is 6.61 Å². The van der Waals surface area contributed by atoms with Gasteiger partial charge in [-0.1, -0.05) is 55.5 Å². The zero-order chi connectivity index (χ0) is 24.7. The Morgan fingerprint density at radius 3 is 2.15 bits per heavy atom. The first-order chi connectivity index (χ1) is 16.3. The molecular formula is C26H32N2O6. The summed E-state index contributed by atoms with van der Waals surface area (Å²) in [4.78, 5) is 36.0. The highest BCUT2D eigenvalue weighted by Crippen LogP contribution is 2.44. The smallest absolute Gasteiger partial charge is 0.407 e. The minimum atomic E-state index is -1.03. The van der Waals surface area contributed by atoms with E-state index >= 15 is 0 Å². The number of carboxylic acids is 1. The molecule has 2 amide bonds. The second kappa shape index (κ2) is 11.2. The quantitative estimate of drug-likeness (QED) is 0.465. The molecule has 34 heavy (non-hydrogen) atoms. The van der Waals surface area contributed by atoms with Gasteiger partial charge in [-0.15, -0.1) is 0 Å². The summed E-state index contributed by atoms with van der Waals surface area (Å²) in [5.41, 5.74) is 3.53. The van der Waals surface area contributed by atoms with E-state index in [0.717, 1.165) is 22.3 Å². The van der Waals surface area contributed by atoms with Crippen LogP contribution >= 0.6 is 0 Å². The Kier molecular flexibility index (Phi) is 8.28. The Labute approximate surface area is 199 Å². The molecule has 0 heterocycles. The monoisotopic (exact) mass is 468 g/mol. The fraction of sp³-hybridized carbons (Fsp3) is 0.423. The molecule has 0 aliphatic heterocycles. The van der Waals surface area contributed by atoms with Crippen molar-refractivity contribution < 1.29 is 29.0 Å². The van der Waals surface area contributed by atoms with Crippen LogP contribution in [0.1, 0.15) is 43.7 Å². The van der Waals surface area contributed by atoms with Gasteiger partial charge >= 0.3 is 12.1 Å². The number of carbonyl (C=O) groups excluding carboxylic acids is 2. The van der Waals surface area contributed by atoms with Crippen molar-refractivity contribution in [3.63, 3.8) is 0 Å². The third kappa shape index (κ3) is 5.75. The van der Waals surface area contributed by atoms with Crippen LogP contribution in [0.2, 0.25) is 0 Å². The predicted octanol–water partition coefficient (Wildman–Crippen LogP) is 3.55. The van der Waals surface area contributed by atoms with Crippen molar-refractivity contribution in [1.29, 1.82) is 0 Å². The number of benzene rings is 2. The van der Waals surface area contributed by atoms with Crippen LogP contribution < -0.4 is 10.6 Å². The lowest BCUT2D eigenvalue weighted by Gasteiger charge is -2.24. The Bertz CT molecular complexity index is 994. The number of alkyl carbamates (subject to hydrolysis) is 1. The molecule has 3 rings (SSSR count). The zero-order valence-electron chi connectivity index (χ0n) is 19.8. The van der Waals surface area contributed by atoms with E-state index in [2.05, 4.69) is 34.9 Å². The summed E-state index contributed by atoms with van der Waals surface area (Å²) in [5, 5.41) is 14.6. The van der Waals surface area contributed by atoms with E-state index in [1.165, 1.54) is 7.11 Å². The Morgan fingerprint density at radius 1 is 1.03 bits per heavy atom. The molecule has 0 saturated carbocycles. The third-order valence-electron chi connectivity index (χ3n) is 6.54. The molecule has 2 aromatic carbocycles. The molecule has 1 aliphatic rings. The van der Waals surface area contributed by atoms with Crippen molar-refractivity contribution in [3.8, 4) is 11.1 Å². The first-order valence-electron chi connectivity index (χ1n) is 11.4. The largest absolute Gasteiger partial charge is 0.481 e. The number of fused-ring (bicyclic) bond motifs is 3. The summed E-state index contributed by atoms with van der Waals surface area (Å²) in [6.07, 6.45) is -0.786. The van der Waals surface area contributed by atoms with E-state index in [4.69, 9.17) is 9.47 Å².